The van der Waals surface area contributed by atoms with Crippen LogP contribution < -0.4 is 0 Å². The highest BCUT2D eigenvalue weighted by Crippen LogP contribution is 2.42. The smallest absolute Gasteiger partial charge is 0.368 e. The van der Waals surface area contributed by atoms with Crippen molar-refractivity contribution < 1.29 is 9.39 Å². The van der Waals surface area contributed by atoms with Crippen LogP contribution in [-0.2, 0) is 15.8 Å². The third-order valence-corrected chi connectivity index (χ3v) is 6.11. The Labute approximate surface area is 160 Å². The van der Waals surface area contributed by atoms with Crippen LogP contribution in [0.15, 0.2) is 42.4 Å². The van der Waals surface area contributed by atoms with Gasteiger partial charge in [-0.25, -0.2) is 0 Å². The van der Waals surface area contributed by atoms with E-state index in [1.54, 1.807) is 0 Å². The summed E-state index contributed by atoms with van der Waals surface area (Å²) in [5.41, 5.74) is 1.31. The van der Waals surface area contributed by atoms with Gasteiger partial charge in [-0.15, -0.1) is 0 Å². The monoisotopic (exact) mass is 354 g/mol. The normalized spacial score (nSPS) is 20.0. The second-order valence-corrected chi connectivity index (χ2v) is 8.02. The molecule has 0 unspecified atom stereocenters. The van der Waals surface area contributed by atoms with E-state index in [-0.39, 0.29) is 0 Å². The average molecular weight is 354 g/mol. The zero-order chi connectivity index (χ0) is 18.0. The Morgan fingerprint density at radius 2 is 1.50 bits per heavy atom. The van der Waals surface area contributed by atoms with Crippen molar-refractivity contribution in [2.24, 2.45) is 0 Å². The largest absolute Gasteiger partial charge is 0.536 e. The Bertz CT molecular complexity index is 512. The van der Waals surface area contributed by atoms with Gasteiger partial charge in [0.1, 0.15) is 0 Å². The van der Waals surface area contributed by atoms with Gasteiger partial charge in [0.05, 0.1) is 6.61 Å². The van der Waals surface area contributed by atoms with Gasteiger partial charge in [0, 0.05) is 0 Å². The molecule has 0 saturated heterocycles. The summed E-state index contributed by atoms with van der Waals surface area (Å²) in [4.78, 5) is 0. The van der Waals surface area contributed by atoms with E-state index in [2.05, 4.69) is 43.3 Å². The van der Waals surface area contributed by atoms with E-state index >= 15 is 0 Å². The van der Waals surface area contributed by atoms with E-state index in [4.69, 9.17) is 9.39 Å². The SMILES string of the molecule is CCO/C(=C\Cc1ccccc1)OB(C1CCCCC1)C1CCCCC1. The summed E-state index contributed by atoms with van der Waals surface area (Å²) >= 11 is 0. The van der Waals surface area contributed by atoms with Crippen LogP contribution >= 0.6 is 0 Å². The first-order valence-electron chi connectivity index (χ1n) is 10.9. The molecule has 0 radical (unpaired) electrons. The molecule has 142 valence electrons. The minimum absolute atomic E-state index is 0.351. The molecule has 0 N–H and O–H groups in total. The topological polar surface area (TPSA) is 18.5 Å². The average Bonchev–Trinajstić information content (AvgIpc) is 2.72. The van der Waals surface area contributed by atoms with Gasteiger partial charge in [-0.05, 0) is 36.6 Å². The number of hydrogen-bond acceptors (Lipinski definition) is 2. The van der Waals surface area contributed by atoms with Crippen LogP contribution in [0.1, 0.15) is 76.7 Å². The number of ether oxygens (including phenoxy) is 1. The van der Waals surface area contributed by atoms with Crippen molar-refractivity contribution in [3.63, 3.8) is 0 Å². The summed E-state index contributed by atoms with van der Waals surface area (Å²) in [6, 6.07) is 10.6. The van der Waals surface area contributed by atoms with Gasteiger partial charge < -0.3 is 9.39 Å². The van der Waals surface area contributed by atoms with Crippen LogP contribution in [0.3, 0.4) is 0 Å². The van der Waals surface area contributed by atoms with Crippen molar-refractivity contribution in [1.82, 2.24) is 0 Å². The Hall–Kier alpha value is -1.38. The molecule has 0 heterocycles. The van der Waals surface area contributed by atoms with Crippen LogP contribution in [0.2, 0.25) is 11.6 Å². The lowest BCUT2D eigenvalue weighted by Crippen LogP contribution is -2.33. The fourth-order valence-corrected chi connectivity index (χ4v) is 4.74. The maximum atomic E-state index is 6.63. The molecule has 2 aliphatic rings. The van der Waals surface area contributed by atoms with Crippen molar-refractivity contribution in [2.75, 3.05) is 6.61 Å². The highest BCUT2D eigenvalue weighted by molar-refractivity contribution is 6.55. The highest BCUT2D eigenvalue weighted by atomic mass is 16.7. The standard InChI is InChI=1S/C23H35BO2/c1-2-25-23(19-18-20-12-6-3-7-13-20)26-24(21-14-8-4-9-15-21)22-16-10-5-11-17-22/h3,6-7,12-13,19,21-22H,2,4-5,8-11,14-18H2,1H3/b23-19+. The van der Waals surface area contributed by atoms with Gasteiger partial charge in [0.15, 0.2) is 0 Å². The molecule has 2 fully saturated rings. The molecule has 0 spiro atoms. The minimum Gasteiger partial charge on any atom is -0.536 e. The first kappa shape index (κ1) is 19.4. The van der Waals surface area contributed by atoms with Gasteiger partial charge >= 0.3 is 6.92 Å². The zero-order valence-electron chi connectivity index (χ0n) is 16.5. The molecule has 3 rings (SSSR count). The lowest BCUT2D eigenvalue weighted by molar-refractivity contribution is 0.108. The molecular weight excluding hydrogens is 319 g/mol. The van der Waals surface area contributed by atoms with E-state index in [0.717, 1.165) is 12.4 Å². The lowest BCUT2D eigenvalue weighted by atomic mass is 9.42. The van der Waals surface area contributed by atoms with Crippen molar-refractivity contribution in [3.8, 4) is 0 Å². The van der Waals surface area contributed by atoms with E-state index in [1.165, 1.54) is 69.8 Å². The fraction of sp³-hybridized carbons (Fsp3) is 0.652. The van der Waals surface area contributed by atoms with Crippen molar-refractivity contribution >= 4 is 6.92 Å². The summed E-state index contributed by atoms with van der Waals surface area (Å²) < 4.78 is 12.5. The molecule has 3 heteroatoms. The third-order valence-electron chi connectivity index (χ3n) is 6.11. The third kappa shape index (κ3) is 5.82. The van der Waals surface area contributed by atoms with E-state index < -0.39 is 0 Å². The van der Waals surface area contributed by atoms with Crippen LogP contribution in [0.5, 0.6) is 0 Å². The molecule has 1 aromatic rings. The van der Waals surface area contributed by atoms with Crippen molar-refractivity contribution in [1.29, 1.82) is 0 Å². The molecule has 0 amide bonds. The number of allylic oxidation sites excluding steroid dienone is 1. The second-order valence-electron chi connectivity index (χ2n) is 8.02. The first-order valence-corrected chi connectivity index (χ1v) is 10.9. The summed E-state index contributed by atoms with van der Waals surface area (Å²) in [5.74, 6) is 2.19. The summed E-state index contributed by atoms with van der Waals surface area (Å²) in [7, 11) is 0. The van der Waals surface area contributed by atoms with E-state index in [1.807, 2.05) is 0 Å². The number of benzene rings is 1. The van der Waals surface area contributed by atoms with Crippen molar-refractivity contribution in [2.45, 2.75) is 89.2 Å². The maximum absolute atomic E-state index is 6.63. The predicted molar refractivity (Wildman–Crippen MR) is 110 cm³/mol. The Morgan fingerprint density at radius 3 is 2.04 bits per heavy atom. The molecule has 2 saturated carbocycles. The minimum atomic E-state index is 0.351. The molecule has 2 nitrogen and oxygen atoms in total. The molecule has 0 aromatic heterocycles. The van der Waals surface area contributed by atoms with E-state index in [9.17, 15) is 0 Å². The maximum Gasteiger partial charge on any atom is 0.368 e. The van der Waals surface area contributed by atoms with Gasteiger partial charge in [-0.1, -0.05) is 94.5 Å². The Morgan fingerprint density at radius 1 is 0.923 bits per heavy atom. The van der Waals surface area contributed by atoms with Gasteiger partial charge in [-0.2, -0.15) is 0 Å². The molecule has 2 aliphatic carbocycles. The first-order chi connectivity index (χ1) is 12.9. The lowest BCUT2D eigenvalue weighted by Gasteiger charge is -2.35. The van der Waals surface area contributed by atoms with Crippen molar-refractivity contribution in [3.05, 3.63) is 47.9 Å². The van der Waals surface area contributed by atoms with E-state index in [0.29, 0.717) is 25.2 Å². The van der Waals surface area contributed by atoms with Gasteiger partial charge in [-0.3, -0.25) is 0 Å². The van der Waals surface area contributed by atoms with Crippen LogP contribution in [0.4, 0.5) is 0 Å². The Kier molecular flexibility index (Phi) is 7.98. The van der Waals surface area contributed by atoms with Crippen LogP contribution in [0.25, 0.3) is 0 Å². The summed E-state index contributed by atoms with van der Waals surface area (Å²) in [5, 5.41) is 0. The fourth-order valence-electron chi connectivity index (χ4n) is 4.74. The van der Waals surface area contributed by atoms with Gasteiger partial charge in [0.2, 0.25) is 0 Å². The van der Waals surface area contributed by atoms with Crippen LogP contribution in [0, 0.1) is 0 Å². The van der Waals surface area contributed by atoms with Crippen LogP contribution in [-0.4, -0.2) is 13.5 Å². The highest BCUT2D eigenvalue weighted by Gasteiger charge is 2.38. The quantitative estimate of drug-likeness (QED) is 0.378. The number of rotatable bonds is 8. The molecule has 0 aliphatic heterocycles. The molecule has 0 bridgehead atoms. The zero-order valence-corrected chi connectivity index (χ0v) is 16.5. The summed E-state index contributed by atoms with van der Waals surface area (Å²) in [6.07, 6.45) is 16.6. The number of hydrogen-bond donors (Lipinski definition) is 0. The molecule has 0 atom stereocenters. The summed E-state index contributed by atoms with van der Waals surface area (Å²) in [6.45, 7) is 3.07. The predicted octanol–water partition coefficient (Wildman–Crippen LogP) is 6.78. The molecule has 26 heavy (non-hydrogen) atoms. The molecule has 1 aromatic carbocycles. The van der Waals surface area contributed by atoms with Gasteiger partial charge in [0.25, 0.3) is 5.95 Å². The molecular formula is C23H35BO2. The second kappa shape index (κ2) is 10.7. The Balaban J connectivity index is 1.70.